The van der Waals surface area contributed by atoms with Crippen LogP contribution < -0.4 is 5.32 Å². The van der Waals surface area contributed by atoms with Crippen LogP contribution in [0.2, 0.25) is 0 Å². The van der Waals surface area contributed by atoms with Crippen LogP contribution in [-0.2, 0) is 4.79 Å². The Morgan fingerprint density at radius 3 is 2.53 bits per heavy atom. The van der Waals surface area contributed by atoms with Crippen molar-refractivity contribution < 1.29 is 15.0 Å². The van der Waals surface area contributed by atoms with Gasteiger partial charge in [0.2, 0.25) is 0 Å². The molecule has 0 amide bonds. The number of hydrogen-bond donors (Lipinski definition) is 3. The average Bonchev–Trinajstić information content (AvgIpc) is 2.33. The largest absolute Gasteiger partial charge is 0.481 e. The summed E-state index contributed by atoms with van der Waals surface area (Å²) in [6.45, 7) is 7.56. The number of carbonyl (C=O) groups is 1. The molecule has 0 aromatic rings. The molecule has 0 bridgehead atoms. The fraction of sp³-hybridized carbons (Fsp3) is 0.933. The molecule has 19 heavy (non-hydrogen) atoms. The summed E-state index contributed by atoms with van der Waals surface area (Å²) in [6.07, 6.45) is 4.70. The highest BCUT2D eigenvalue weighted by atomic mass is 16.4. The van der Waals surface area contributed by atoms with Crippen LogP contribution in [0, 0.1) is 17.3 Å². The van der Waals surface area contributed by atoms with Gasteiger partial charge in [-0.05, 0) is 50.0 Å². The van der Waals surface area contributed by atoms with Gasteiger partial charge in [0, 0.05) is 12.6 Å². The third kappa shape index (κ3) is 4.18. The average molecular weight is 271 g/mol. The molecule has 3 atom stereocenters. The van der Waals surface area contributed by atoms with Crippen molar-refractivity contribution in [2.45, 2.75) is 58.9 Å². The van der Waals surface area contributed by atoms with Crippen LogP contribution >= 0.6 is 0 Å². The number of carboxylic acid groups (broad SMARTS) is 1. The lowest BCUT2D eigenvalue weighted by Gasteiger charge is -2.46. The van der Waals surface area contributed by atoms with Gasteiger partial charge < -0.3 is 15.5 Å². The maximum atomic E-state index is 11.3. The third-order valence-electron chi connectivity index (χ3n) is 4.98. The van der Waals surface area contributed by atoms with E-state index in [1.165, 1.54) is 0 Å². The van der Waals surface area contributed by atoms with Crippen LogP contribution in [0.5, 0.6) is 0 Å². The summed E-state index contributed by atoms with van der Waals surface area (Å²) in [4.78, 5) is 11.3. The van der Waals surface area contributed by atoms with Gasteiger partial charge >= 0.3 is 5.97 Å². The Labute approximate surface area is 116 Å². The Bertz CT molecular complexity index is 291. The van der Waals surface area contributed by atoms with E-state index < -0.39 is 5.97 Å². The normalized spacial score (nSPS) is 30.2. The first kappa shape index (κ1) is 16.4. The quantitative estimate of drug-likeness (QED) is 0.621. The smallest absolute Gasteiger partial charge is 0.307 e. The molecule has 1 fully saturated rings. The molecule has 0 heterocycles. The zero-order valence-electron chi connectivity index (χ0n) is 12.5. The van der Waals surface area contributed by atoms with E-state index in [0.29, 0.717) is 12.0 Å². The van der Waals surface area contributed by atoms with Crippen LogP contribution in [0.25, 0.3) is 0 Å². The molecule has 0 saturated heterocycles. The van der Waals surface area contributed by atoms with Gasteiger partial charge in [0.25, 0.3) is 0 Å². The number of aliphatic carboxylic acids is 1. The first-order chi connectivity index (χ1) is 8.91. The van der Waals surface area contributed by atoms with Gasteiger partial charge in [-0.15, -0.1) is 0 Å². The molecule has 4 nitrogen and oxygen atoms in total. The molecule has 1 aliphatic carbocycles. The van der Waals surface area contributed by atoms with E-state index in [9.17, 15) is 9.90 Å². The van der Waals surface area contributed by atoms with Gasteiger partial charge in [0.1, 0.15) is 0 Å². The zero-order valence-corrected chi connectivity index (χ0v) is 12.5. The molecule has 1 saturated carbocycles. The van der Waals surface area contributed by atoms with Crippen LogP contribution in [-0.4, -0.2) is 35.4 Å². The first-order valence-electron chi connectivity index (χ1n) is 7.48. The molecule has 0 spiro atoms. The topological polar surface area (TPSA) is 69.6 Å². The van der Waals surface area contributed by atoms with E-state index in [0.717, 1.165) is 38.6 Å². The second-order valence-corrected chi connectivity index (χ2v) is 6.42. The lowest BCUT2D eigenvalue weighted by Crippen LogP contribution is -2.51. The van der Waals surface area contributed by atoms with Crippen molar-refractivity contribution in [3.8, 4) is 0 Å². The van der Waals surface area contributed by atoms with E-state index in [1.54, 1.807) is 0 Å². The highest BCUT2D eigenvalue weighted by Gasteiger charge is 2.45. The number of carboxylic acids is 1. The van der Waals surface area contributed by atoms with E-state index in [-0.39, 0.29) is 17.9 Å². The Morgan fingerprint density at radius 1 is 1.26 bits per heavy atom. The van der Waals surface area contributed by atoms with Gasteiger partial charge in [0.15, 0.2) is 0 Å². The Kier molecular flexibility index (Phi) is 6.27. The Balaban J connectivity index is 2.44. The van der Waals surface area contributed by atoms with Crippen molar-refractivity contribution in [2.75, 3.05) is 13.2 Å². The minimum absolute atomic E-state index is 0.160. The van der Waals surface area contributed by atoms with Crippen molar-refractivity contribution in [1.29, 1.82) is 0 Å². The van der Waals surface area contributed by atoms with E-state index >= 15 is 0 Å². The van der Waals surface area contributed by atoms with Gasteiger partial charge in [-0.1, -0.05) is 20.8 Å². The minimum Gasteiger partial charge on any atom is -0.481 e. The number of unbranched alkanes of at least 4 members (excludes halogenated alkanes) is 2. The van der Waals surface area contributed by atoms with E-state index in [4.69, 9.17) is 5.11 Å². The molecule has 3 N–H and O–H groups in total. The fourth-order valence-corrected chi connectivity index (χ4v) is 3.23. The minimum atomic E-state index is -0.654. The summed E-state index contributed by atoms with van der Waals surface area (Å²) in [6, 6.07) is 0.416. The van der Waals surface area contributed by atoms with Crippen molar-refractivity contribution in [3.63, 3.8) is 0 Å². The van der Waals surface area contributed by atoms with E-state index in [2.05, 4.69) is 26.1 Å². The van der Waals surface area contributed by atoms with Crippen LogP contribution in [0.3, 0.4) is 0 Å². The molecule has 0 aromatic carbocycles. The summed E-state index contributed by atoms with van der Waals surface area (Å²) >= 11 is 0. The maximum absolute atomic E-state index is 11.3. The molecule has 0 aromatic heterocycles. The van der Waals surface area contributed by atoms with Crippen molar-refractivity contribution in [2.24, 2.45) is 17.3 Å². The van der Waals surface area contributed by atoms with Gasteiger partial charge in [-0.3, -0.25) is 4.79 Å². The van der Waals surface area contributed by atoms with Gasteiger partial charge in [-0.25, -0.2) is 0 Å². The fourth-order valence-electron chi connectivity index (χ4n) is 3.23. The maximum Gasteiger partial charge on any atom is 0.307 e. The molecule has 4 heteroatoms. The number of aliphatic hydroxyl groups excluding tert-OH is 1. The molecular formula is C15H29NO3. The predicted octanol–water partition coefficient (Wildman–Crippen LogP) is 2.26. The molecule has 0 aliphatic heterocycles. The molecule has 1 rings (SSSR count). The van der Waals surface area contributed by atoms with Crippen molar-refractivity contribution in [3.05, 3.63) is 0 Å². The molecule has 112 valence electrons. The Hall–Kier alpha value is -0.610. The predicted molar refractivity (Wildman–Crippen MR) is 76.0 cm³/mol. The summed E-state index contributed by atoms with van der Waals surface area (Å²) in [7, 11) is 0. The highest BCUT2D eigenvalue weighted by Crippen LogP contribution is 2.45. The molecule has 3 unspecified atom stereocenters. The van der Waals surface area contributed by atoms with Crippen molar-refractivity contribution >= 4 is 5.97 Å². The second kappa shape index (κ2) is 7.25. The van der Waals surface area contributed by atoms with Crippen LogP contribution in [0.4, 0.5) is 0 Å². The number of aliphatic hydroxyl groups is 1. The second-order valence-electron chi connectivity index (χ2n) is 6.42. The molecular weight excluding hydrogens is 242 g/mol. The summed E-state index contributed by atoms with van der Waals surface area (Å²) in [5.74, 6) is -0.520. The molecule has 0 radical (unpaired) electrons. The van der Waals surface area contributed by atoms with Crippen molar-refractivity contribution in [1.82, 2.24) is 5.32 Å². The molecule has 1 aliphatic rings. The lowest BCUT2D eigenvalue weighted by molar-refractivity contribution is -0.150. The third-order valence-corrected chi connectivity index (χ3v) is 4.98. The van der Waals surface area contributed by atoms with Crippen LogP contribution in [0.15, 0.2) is 0 Å². The zero-order chi connectivity index (χ0) is 14.5. The van der Waals surface area contributed by atoms with E-state index in [1.807, 2.05) is 0 Å². The lowest BCUT2D eigenvalue weighted by atomic mass is 9.61. The number of hydrogen-bond acceptors (Lipinski definition) is 3. The number of nitrogens with one attached hydrogen (secondary N) is 1. The summed E-state index contributed by atoms with van der Waals surface area (Å²) in [5, 5.41) is 21.6. The number of rotatable bonds is 7. The van der Waals surface area contributed by atoms with Gasteiger partial charge in [-0.2, -0.15) is 0 Å². The highest BCUT2D eigenvalue weighted by molar-refractivity contribution is 5.71. The summed E-state index contributed by atoms with van der Waals surface area (Å²) < 4.78 is 0. The standard InChI is InChI=1S/C15H29NO3/c1-11-13(16-9-5-4-6-10-17)8-7-12(14(18)19)15(11,2)3/h11-13,16-17H,4-10H2,1-3H3,(H,18,19). The summed E-state index contributed by atoms with van der Waals surface area (Å²) in [5.41, 5.74) is -0.160. The van der Waals surface area contributed by atoms with Gasteiger partial charge in [0.05, 0.1) is 5.92 Å². The SMILES string of the molecule is CC1C(NCCCCCO)CCC(C(=O)O)C1(C)C. The Morgan fingerprint density at radius 2 is 1.95 bits per heavy atom. The first-order valence-corrected chi connectivity index (χ1v) is 7.48. The van der Waals surface area contributed by atoms with Crippen LogP contribution in [0.1, 0.15) is 52.9 Å². The monoisotopic (exact) mass is 271 g/mol.